The number of fused-ring (bicyclic) bond motifs is 2. The molecule has 1 saturated heterocycles. The quantitative estimate of drug-likeness (QED) is 0.799. The number of halogens is 1. The molecule has 2 aliphatic heterocycles. The number of aliphatic hydroxyl groups excluding tert-OH is 1. The molecule has 0 spiro atoms. The lowest BCUT2D eigenvalue weighted by Gasteiger charge is -2.35. The number of amides is 1. The van der Waals surface area contributed by atoms with Gasteiger partial charge in [-0.3, -0.25) is 4.79 Å². The number of rotatable bonds is 3. The van der Waals surface area contributed by atoms with Crippen LogP contribution in [-0.2, 0) is 0 Å². The van der Waals surface area contributed by atoms with E-state index in [9.17, 15) is 9.90 Å². The first kappa shape index (κ1) is 19.0. The normalized spacial score (nSPS) is 28.1. The van der Waals surface area contributed by atoms with Crippen LogP contribution in [-0.4, -0.2) is 54.4 Å². The van der Waals surface area contributed by atoms with Crippen LogP contribution >= 0.6 is 22.9 Å². The van der Waals surface area contributed by atoms with Crippen LogP contribution in [0, 0.1) is 11.8 Å². The number of carbonyl (C=O) groups is 1. The maximum absolute atomic E-state index is 13.1. The summed E-state index contributed by atoms with van der Waals surface area (Å²) in [6.45, 7) is 2.29. The van der Waals surface area contributed by atoms with Crippen molar-refractivity contribution in [3.63, 3.8) is 0 Å². The molecule has 1 amide bonds. The molecule has 8 heteroatoms. The van der Waals surface area contributed by atoms with Crippen LogP contribution in [0.15, 0.2) is 29.6 Å². The standard InChI is InChI=1S/C21H22ClNO5S/c22-14-2-1-3-15(8-14)28-17-7-13-10-23(9-12(13)6-16(17)24)21(25)20-19-18(11-29-20)26-4-5-27-19/h1-3,8,11-13,16-17,24H,4-7,9-10H2/t12-,13+,16+,17+/m0/s1. The predicted octanol–water partition coefficient (Wildman–Crippen LogP) is 3.46. The maximum atomic E-state index is 13.1. The summed E-state index contributed by atoms with van der Waals surface area (Å²) in [5.74, 6) is 2.46. The van der Waals surface area contributed by atoms with E-state index in [0.29, 0.717) is 72.2 Å². The zero-order chi connectivity index (χ0) is 20.0. The molecule has 6 nitrogen and oxygen atoms in total. The smallest absolute Gasteiger partial charge is 0.267 e. The third-order valence-electron chi connectivity index (χ3n) is 5.95. The highest BCUT2D eigenvalue weighted by atomic mass is 35.5. The zero-order valence-electron chi connectivity index (χ0n) is 15.8. The summed E-state index contributed by atoms with van der Waals surface area (Å²) in [4.78, 5) is 15.6. The number of ether oxygens (including phenoxy) is 3. The van der Waals surface area contributed by atoms with Crippen molar-refractivity contribution in [3.05, 3.63) is 39.5 Å². The number of nitrogens with zero attached hydrogens (tertiary/aromatic N) is 1. The van der Waals surface area contributed by atoms with Crippen LogP contribution in [0.1, 0.15) is 22.5 Å². The largest absolute Gasteiger partial charge is 0.488 e. The number of benzene rings is 1. The van der Waals surface area contributed by atoms with Gasteiger partial charge in [-0.05, 0) is 42.9 Å². The van der Waals surface area contributed by atoms with Gasteiger partial charge in [0.05, 0.1) is 6.10 Å². The van der Waals surface area contributed by atoms with E-state index in [2.05, 4.69) is 0 Å². The van der Waals surface area contributed by atoms with Crippen LogP contribution in [0.25, 0.3) is 0 Å². The van der Waals surface area contributed by atoms with Gasteiger partial charge in [-0.2, -0.15) is 0 Å². The van der Waals surface area contributed by atoms with Crippen molar-refractivity contribution in [2.24, 2.45) is 11.8 Å². The molecule has 0 bridgehead atoms. The summed E-state index contributed by atoms with van der Waals surface area (Å²) in [7, 11) is 0. The molecule has 154 valence electrons. The van der Waals surface area contributed by atoms with Crippen LogP contribution in [0.4, 0.5) is 0 Å². The summed E-state index contributed by atoms with van der Waals surface area (Å²) in [6, 6.07) is 7.23. The first-order valence-corrected chi connectivity index (χ1v) is 11.1. The topological polar surface area (TPSA) is 68.2 Å². The van der Waals surface area contributed by atoms with Crippen molar-refractivity contribution in [1.82, 2.24) is 4.90 Å². The molecule has 1 aromatic heterocycles. The van der Waals surface area contributed by atoms with Crippen LogP contribution in [0.5, 0.6) is 17.2 Å². The van der Waals surface area contributed by atoms with Gasteiger partial charge in [0.25, 0.3) is 5.91 Å². The highest BCUT2D eigenvalue weighted by molar-refractivity contribution is 7.12. The van der Waals surface area contributed by atoms with Crippen LogP contribution in [0.2, 0.25) is 5.02 Å². The summed E-state index contributed by atoms with van der Waals surface area (Å²) < 4.78 is 17.3. The highest BCUT2D eigenvalue weighted by Crippen LogP contribution is 2.43. The molecule has 3 heterocycles. The summed E-state index contributed by atoms with van der Waals surface area (Å²) in [5.41, 5.74) is 0. The average Bonchev–Trinajstić information content (AvgIpc) is 3.32. The van der Waals surface area contributed by atoms with Gasteiger partial charge in [0.1, 0.15) is 29.9 Å². The Hall–Kier alpha value is -1.96. The fraction of sp³-hybridized carbons (Fsp3) is 0.476. The van der Waals surface area contributed by atoms with Crippen molar-refractivity contribution in [2.75, 3.05) is 26.3 Å². The lowest BCUT2D eigenvalue weighted by molar-refractivity contribution is -0.0231. The second kappa shape index (κ2) is 7.70. The van der Waals surface area contributed by atoms with E-state index in [1.807, 2.05) is 22.4 Å². The molecule has 1 saturated carbocycles. The first-order chi connectivity index (χ1) is 14.1. The highest BCUT2D eigenvalue weighted by Gasteiger charge is 2.44. The fourth-order valence-corrected chi connectivity index (χ4v) is 5.63. The Bertz CT molecular complexity index is 918. The molecule has 1 N–H and O–H groups in total. The maximum Gasteiger partial charge on any atom is 0.267 e. The Labute approximate surface area is 177 Å². The molecule has 2 aromatic rings. The summed E-state index contributed by atoms with van der Waals surface area (Å²) in [5, 5.41) is 13.1. The summed E-state index contributed by atoms with van der Waals surface area (Å²) >= 11 is 7.41. The van der Waals surface area contributed by atoms with E-state index >= 15 is 0 Å². The Morgan fingerprint density at radius 1 is 1.21 bits per heavy atom. The van der Waals surface area contributed by atoms with Crippen molar-refractivity contribution in [2.45, 2.75) is 25.0 Å². The molecule has 5 rings (SSSR count). The third-order valence-corrected chi connectivity index (χ3v) is 7.11. The van der Waals surface area contributed by atoms with Gasteiger partial charge >= 0.3 is 0 Å². The van der Waals surface area contributed by atoms with E-state index in [4.69, 9.17) is 25.8 Å². The zero-order valence-corrected chi connectivity index (χ0v) is 17.3. The van der Waals surface area contributed by atoms with E-state index < -0.39 is 6.10 Å². The van der Waals surface area contributed by atoms with Gasteiger partial charge in [0, 0.05) is 23.5 Å². The lowest BCUT2D eigenvalue weighted by Crippen LogP contribution is -2.42. The van der Waals surface area contributed by atoms with Crippen molar-refractivity contribution >= 4 is 28.8 Å². The molecule has 0 unspecified atom stereocenters. The molecule has 1 aromatic carbocycles. The molecule has 2 fully saturated rings. The Morgan fingerprint density at radius 2 is 2.00 bits per heavy atom. The minimum atomic E-state index is -0.559. The predicted molar refractivity (Wildman–Crippen MR) is 109 cm³/mol. The second-order valence-electron chi connectivity index (χ2n) is 7.84. The van der Waals surface area contributed by atoms with Gasteiger partial charge in [-0.25, -0.2) is 0 Å². The fourth-order valence-electron chi connectivity index (χ4n) is 4.55. The molecule has 4 atom stereocenters. The first-order valence-electron chi connectivity index (χ1n) is 9.85. The molecule has 0 radical (unpaired) electrons. The van der Waals surface area contributed by atoms with Gasteiger partial charge in [-0.1, -0.05) is 17.7 Å². The third kappa shape index (κ3) is 3.67. The number of hydrogen-bond donors (Lipinski definition) is 1. The molecule has 1 aliphatic carbocycles. The molecular weight excluding hydrogens is 414 g/mol. The van der Waals surface area contributed by atoms with Crippen molar-refractivity contribution in [1.29, 1.82) is 0 Å². The van der Waals surface area contributed by atoms with E-state index in [1.165, 1.54) is 11.3 Å². The average molecular weight is 436 g/mol. The lowest BCUT2D eigenvalue weighted by atomic mass is 9.78. The van der Waals surface area contributed by atoms with Crippen LogP contribution in [0.3, 0.4) is 0 Å². The monoisotopic (exact) mass is 435 g/mol. The Balaban J connectivity index is 1.27. The number of hydrogen-bond acceptors (Lipinski definition) is 6. The number of carbonyl (C=O) groups excluding carboxylic acids is 1. The van der Waals surface area contributed by atoms with Gasteiger partial charge in [0.15, 0.2) is 11.5 Å². The van der Waals surface area contributed by atoms with Crippen molar-refractivity contribution in [3.8, 4) is 17.2 Å². The SMILES string of the molecule is O=C(c1scc2c1OCCO2)N1C[C@H]2C[C@@H](Oc3cccc(Cl)c3)[C@H](O)C[C@H]2C1. The number of aliphatic hydroxyl groups is 1. The van der Waals surface area contributed by atoms with Gasteiger partial charge in [-0.15, -0.1) is 11.3 Å². The van der Waals surface area contributed by atoms with Crippen LogP contribution < -0.4 is 14.2 Å². The van der Waals surface area contributed by atoms with Crippen molar-refractivity contribution < 1.29 is 24.1 Å². The Kier molecular flexibility index (Phi) is 5.05. The Morgan fingerprint density at radius 3 is 2.83 bits per heavy atom. The van der Waals surface area contributed by atoms with E-state index in [-0.39, 0.29) is 17.9 Å². The number of thiophene rings is 1. The summed E-state index contributed by atoms with van der Waals surface area (Å²) in [6.07, 6.45) is 0.485. The minimum absolute atomic E-state index is 0.0158. The minimum Gasteiger partial charge on any atom is -0.488 e. The number of likely N-dealkylation sites (tertiary alicyclic amines) is 1. The van der Waals surface area contributed by atoms with Gasteiger partial charge in [0.2, 0.25) is 0 Å². The van der Waals surface area contributed by atoms with E-state index in [1.54, 1.807) is 12.1 Å². The van der Waals surface area contributed by atoms with Gasteiger partial charge < -0.3 is 24.2 Å². The molecule has 3 aliphatic rings. The second-order valence-corrected chi connectivity index (χ2v) is 9.15. The molecular formula is C21H22ClNO5S. The molecule has 29 heavy (non-hydrogen) atoms. The van der Waals surface area contributed by atoms with E-state index in [0.717, 1.165) is 0 Å².